The summed E-state index contributed by atoms with van der Waals surface area (Å²) in [5.74, 6) is 0. The van der Waals surface area contributed by atoms with Gasteiger partial charge in [0.05, 0.1) is 38.9 Å². The van der Waals surface area contributed by atoms with E-state index in [2.05, 4.69) is 463 Å². The number of hydrogen-bond acceptors (Lipinski definition) is 2. The van der Waals surface area contributed by atoms with E-state index in [0.29, 0.717) is 0 Å². The Labute approximate surface area is 719 Å². The lowest BCUT2D eigenvalue weighted by Gasteiger charge is -2.47. The van der Waals surface area contributed by atoms with Crippen LogP contribution in [0.4, 0.5) is 34.1 Å². The quantitative estimate of drug-likeness (QED) is 0.141. The molecule has 2 aliphatic heterocycles. The molecule has 0 atom stereocenters. The molecule has 0 bridgehead atoms. The van der Waals surface area contributed by atoms with Gasteiger partial charge in [-0.1, -0.05) is 340 Å². The molecule has 4 aliphatic rings. The Balaban J connectivity index is 0.902. The van der Waals surface area contributed by atoms with Crippen molar-refractivity contribution in [3.05, 3.63) is 390 Å². The largest absolute Gasteiger partial charge is 0.310 e. The predicted octanol–water partition coefficient (Wildman–Crippen LogP) is 29.5. The second kappa shape index (κ2) is 26.9. The van der Waals surface area contributed by atoms with Gasteiger partial charge in [0.25, 0.3) is 6.71 Å². The summed E-state index contributed by atoms with van der Waals surface area (Å²) < 4.78 is 5.21. The van der Waals surface area contributed by atoms with E-state index >= 15 is 0 Å². The molecule has 4 nitrogen and oxygen atoms in total. The van der Waals surface area contributed by atoms with Crippen LogP contribution in [0.25, 0.3) is 122 Å². The number of nitrogens with zero attached hydrogens (tertiary/aromatic N) is 4. The minimum absolute atomic E-state index is 0.0743. The Kier molecular flexibility index (Phi) is 16.5. The van der Waals surface area contributed by atoms with Crippen molar-refractivity contribution in [2.24, 2.45) is 0 Å². The molecule has 0 radical (unpaired) electrons. The normalized spacial score (nSPS) is 13.9. The van der Waals surface area contributed by atoms with Gasteiger partial charge in [-0.2, -0.15) is 0 Å². The summed E-state index contributed by atoms with van der Waals surface area (Å²) in [4.78, 5) is 5.54. The van der Waals surface area contributed by atoms with Crippen LogP contribution >= 0.6 is 0 Å². The summed E-state index contributed by atoms with van der Waals surface area (Å²) in [6.45, 7) is 35.3. The first kappa shape index (κ1) is 75.0. The Morgan fingerprint density at radius 3 is 0.943 bits per heavy atom. The molecule has 16 aromatic carbocycles. The molecule has 0 saturated carbocycles. The van der Waals surface area contributed by atoms with Gasteiger partial charge in [-0.25, -0.2) is 0 Å². The number of para-hydroxylation sites is 1. The summed E-state index contributed by atoms with van der Waals surface area (Å²) in [5, 5.41) is 4.97. The van der Waals surface area contributed by atoms with Gasteiger partial charge in [0, 0.05) is 77.9 Å². The Morgan fingerprint density at radius 1 is 0.221 bits per heavy atom. The molecule has 4 heterocycles. The van der Waals surface area contributed by atoms with Gasteiger partial charge in [0.2, 0.25) is 0 Å². The van der Waals surface area contributed by atoms with Crippen molar-refractivity contribution in [3.8, 4) is 78.1 Å². The Hall–Kier alpha value is -13.2. The third-order valence-electron chi connectivity index (χ3n) is 27.4. The van der Waals surface area contributed by atoms with Crippen LogP contribution in [0.1, 0.15) is 154 Å². The van der Waals surface area contributed by atoms with Gasteiger partial charge < -0.3 is 18.9 Å². The molecule has 2 aliphatic carbocycles. The van der Waals surface area contributed by atoms with E-state index in [0.717, 1.165) is 73.3 Å². The van der Waals surface area contributed by atoms with Gasteiger partial charge in [-0.05, 0) is 241 Å². The SMILES string of the molecule is CC(C)(C)c1cc(-c2ccccc2)c(N2c3cc(-n4c5ccc(C(C)(C)C)cc5c5cc(C(C)(C)C)ccc54)ccc3B3c4ccc(-n5c6ccccc6c6cc7c(cc65)C5(c6ccccc6-c6ccccc65)c5ccccc5-7)cc4N(c4c(-c5ccccc5)cc(C(C)(C)C)cc4-c4ccccc4)c4cc(C(C)(C)C)cc2c43)c(-c2ccccc2)c1. The number of aromatic nitrogens is 2. The van der Waals surface area contributed by atoms with Crippen LogP contribution in [0.3, 0.4) is 0 Å². The lowest BCUT2D eigenvalue weighted by Crippen LogP contribution is -2.61. The smallest absolute Gasteiger partial charge is 0.252 e. The molecule has 22 rings (SSSR count). The van der Waals surface area contributed by atoms with E-state index in [1.165, 1.54) is 149 Å². The number of rotatable bonds is 8. The number of anilines is 6. The van der Waals surface area contributed by atoms with Crippen LogP contribution in [0.15, 0.2) is 340 Å². The van der Waals surface area contributed by atoms with E-state index in [9.17, 15) is 0 Å². The van der Waals surface area contributed by atoms with Gasteiger partial charge in [0.15, 0.2) is 0 Å². The summed E-state index contributed by atoms with van der Waals surface area (Å²) in [5.41, 5.74) is 42.1. The van der Waals surface area contributed by atoms with Crippen LogP contribution in [0, 0.1) is 0 Å². The summed E-state index contributed by atoms with van der Waals surface area (Å²) in [6.07, 6.45) is 0. The number of benzene rings is 16. The summed E-state index contributed by atoms with van der Waals surface area (Å²) in [6, 6.07) is 132. The molecule has 0 fully saturated rings. The molecule has 1 spiro atoms. The second-order valence-electron chi connectivity index (χ2n) is 40.0. The van der Waals surface area contributed by atoms with Crippen LogP contribution in [-0.4, -0.2) is 15.8 Å². The standard InChI is InChI=1S/C117H101BN4/c1-112(2,3)76-52-58-102-92(60-76)93-61-77(113(4,5)6)53-59-103(93)119(102)81-54-56-99-105(68-81)121(110-87(72-36-20-16-21-37-72)62-78(114(7,8)9)63-88(110)73-38-22-17-23-39-73)107-66-80(116(13,14)15)67-108-109(107)118(99)100-57-55-82(69-106(100)122(108)111-89(74-40-24-18-25-41-74)64-79(115(10,11)12)65-90(111)75-42-26-19-27-43-75)120-101-51-35-31-47-86(101)94-70-91-85-46-30-34-50-97(85)117(98(91)71-104(94)120)95-48-32-28-44-83(95)84-45-29-33-49-96(84)117/h16-71H,1-15H3. The van der Waals surface area contributed by atoms with Crippen molar-refractivity contribution in [2.45, 2.75) is 136 Å². The van der Waals surface area contributed by atoms with Gasteiger partial charge >= 0.3 is 0 Å². The van der Waals surface area contributed by atoms with Gasteiger partial charge in [0.1, 0.15) is 0 Å². The maximum atomic E-state index is 2.77. The lowest BCUT2D eigenvalue weighted by atomic mass is 9.33. The highest BCUT2D eigenvalue weighted by molar-refractivity contribution is 7.00. The highest BCUT2D eigenvalue weighted by Gasteiger charge is 2.53. The van der Waals surface area contributed by atoms with Crippen molar-refractivity contribution in [2.75, 3.05) is 9.80 Å². The van der Waals surface area contributed by atoms with Crippen molar-refractivity contribution >= 4 is 101 Å². The molecular formula is C117H101BN4. The maximum absolute atomic E-state index is 2.77. The molecule has 592 valence electrons. The molecule has 122 heavy (non-hydrogen) atoms. The summed E-state index contributed by atoms with van der Waals surface area (Å²) >= 11 is 0. The van der Waals surface area contributed by atoms with E-state index < -0.39 is 5.41 Å². The molecule has 0 saturated heterocycles. The fourth-order valence-corrected chi connectivity index (χ4v) is 21.2. The lowest BCUT2D eigenvalue weighted by molar-refractivity contribution is 0.590. The number of fused-ring (bicyclic) bond motifs is 20. The van der Waals surface area contributed by atoms with Crippen molar-refractivity contribution in [1.82, 2.24) is 9.13 Å². The topological polar surface area (TPSA) is 16.3 Å². The molecular weight excluding hydrogens is 1470 g/mol. The predicted molar refractivity (Wildman–Crippen MR) is 521 cm³/mol. The first-order valence-electron chi connectivity index (χ1n) is 43.8. The Bertz CT molecular complexity index is 7150. The zero-order chi connectivity index (χ0) is 83.6. The van der Waals surface area contributed by atoms with Crippen molar-refractivity contribution in [3.63, 3.8) is 0 Å². The third-order valence-corrected chi connectivity index (χ3v) is 27.4. The van der Waals surface area contributed by atoms with Crippen LogP contribution < -0.4 is 26.2 Å². The van der Waals surface area contributed by atoms with Crippen molar-refractivity contribution < 1.29 is 0 Å². The van der Waals surface area contributed by atoms with Crippen LogP contribution in [0.2, 0.25) is 0 Å². The third kappa shape index (κ3) is 11.3. The second-order valence-corrected chi connectivity index (χ2v) is 40.0. The minimum Gasteiger partial charge on any atom is -0.310 e. The number of hydrogen-bond donors (Lipinski definition) is 0. The van der Waals surface area contributed by atoms with Gasteiger partial charge in [-0.3, -0.25) is 0 Å². The van der Waals surface area contributed by atoms with E-state index in [-0.39, 0.29) is 33.8 Å². The zero-order valence-corrected chi connectivity index (χ0v) is 72.7. The van der Waals surface area contributed by atoms with Crippen molar-refractivity contribution in [1.29, 1.82) is 0 Å². The first-order valence-corrected chi connectivity index (χ1v) is 43.8. The zero-order valence-electron chi connectivity index (χ0n) is 72.7. The Morgan fingerprint density at radius 2 is 0.549 bits per heavy atom. The maximum Gasteiger partial charge on any atom is 0.252 e. The van der Waals surface area contributed by atoms with E-state index in [1.54, 1.807) is 0 Å². The molecule has 5 heteroatoms. The highest BCUT2D eigenvalue weighted by Crippen LogP contribution is 2.64. The average molecular weight is 1570 g/mol. The molecule has 18 aromatic rings. The van der Waals surface area contributed by atoms with Crippen LogP contribution in [-0.2, 0) is 32.5 Å². The molecule has 0 unspecified atom stereocenters. The monoisotopic (exact) mass is 1570 g/mol. The fraction of sp³-hybridized carbons (Fsp3) is 0.179. The molecule has 0 amide bonds. The van der Waals surface area contributed by atoms with E-state index in [1.807, 2.05) is 0 Å². The highest BCUT2D eigenvalue weighted by atomic mass is 15.2. The van der Waals surface area contributed by atoms with Gasteiger partial charge in [-0.15, -0.1) is 0 Å². The van der Waals surface area contributed by atoms with E-state index in [4.69, 9.17) is 0 Å². The van der Waals surface area contributed by atoms with Crippen LogP contribution in [0.5, 0.6) is 0 Å². The fourth-order valence-electron chi connectivity index (χ4n) is 21.2. The minimum atomic E-state index is -0.554. The first-order chi connectivity index (χ1) is 58.7. The molecule has 2 aromatic heterocycles. The average Bonchev–Trinajstić information content (AvgIpc) is 1.53. The summed E-state index contributed by atoms with van der Waals surface area (Å²) in [7, 11) is 0. The molecule has 0 N–H and O–H groups in total.